The molecule has 0 saturated carbocycles. The van der Waals surface area contributed by atoms with Gasteiger partial charge in [-0.15, -0.1) is 0 Å². The lowest BCUT2D eigenvalue weighted by Gasteiger charge is -1.99. The summed E-state index contributed by atoms with van der Waals surface area (Å²) in [4.78, 5) is 0. The van der Waals surface area contributed by atoms with Gasteiger partial charge >= 0.3 is 0 Å². The van der Waals surface area contributed by atoms with Crippen molar-refractivity contribution in [2.75, 3.05) is 0 Å². The molecule has 58 valence electrons. The van der Waals surface area contributed by atoms with E-state index in [0.29, 0.717) is 0 Å². The molecule has 0 spiro atoms. The van der Waals surface area contributed by atoms with Crippen molar-refractivity contribution in [1.82, 2.24) is 0 Å². The van der Waals surface area contributed by atoms with Crippen LogP contribution < -0.4 is 0 Å². The van der Waals surface area contributed by atoms with E-state index < -0.39 is 0 Å². The van der Waals surface area contributed by atoms with Gasteiger partial charge in [-0.1, -0.05) is 23.8 Å². The molecular weight excluding hydrogens is 136 g/mol. The first-order valence-electron chi connectivity index (χ1n) is 3.62. The standard InChI is InChI=1S/C10H12O/c1-8-3-4-9(2)10(7-8)5-6-11/h3-7,11H,1-2H3/b6-5+. The summed E-state index contributed by atoms with van der Waals surface area (Å²) in [5, 5.41) is 8.55. The van der Waals surface area contributed by atoms with E-state index in [-0.39, 0.29) is 0 Å². The molecule has 0 amide bonds. The van der Waals surface area contributed by atoms with Gasteiger partial charge in [-0.05, 0) is 31.1 Å². The quantitative estimate of drug-likeness (QED) is 0.607. The van der Waals surface area contributed by atoms with Crippen molar-refractivity contribution in [3.05, 3.63) is 41.2 Å². The van der Waals surface area contributed by atoms with Crippen LogP contribution >= 0.6 is 0 Å². The summed E-state index contributed by atoms with van der Waals surface area (Å²) >= 11 is 0. The van der Waals surface area contributed by atoms with Crippen molar-refractivity contribution in [2.24, 2.45) is 0 Å². The maximum absolute atomic E-state index is 8.55. The largest absolute Gasteiger partial charge is 0.516 e. The van der Waals surface area contributed by atoms with E-state index >= 15 is 0 Å². The molecule has 0 unspecified atom stereocenters. The minimum atomic E-state index is 1.07. The summed E-state index contributed by atoms with van der Waals surface area (Å²) in [5.74, 6) is 0. The van der Waals surface area contributed by atoms with Crippen LogP contribution in [0.15, 0.2) is 24.5 Å². The highest BCUT2D eigenvalue weighted by Crippen LogP contribution is 2.11. The van der Waals surface area contributed by atoms with E-state index in [1.54, 1.807) is 6.08 Å². The Morgan fingerprint density at radius 3 is 2.64 bits per heavy atom. The molecule has 0 fully saturated rings. The minimum absolute atomic E-state index is 1.07. The monoisotopic (exact) mass is 148 g/mol. The normalized spacial score (nSPS) is 10.7. The molecule has 1 heteroatoms. The maximum atomic E-state index is 8.55. The third-order valence-corrected chi connectivity index (χ3v) is 1.69. The molecule has 0 aromatic heterocycles. The molecule has 0 bridgehead atoms. The van der Waals surface area contributed by atoms with Crippen LogP contribution in [-0.4, -0.2) is 5.11 Å². The van der Waals surface area contributed by atoms with Crippen molar-refractivity contribution in [2.45, 2.75) is 13.8 Å². The van der Waals surface area contributed by atoms with Gasteiger partial charge in [-0.25, -0.2) is 0 Å². The number of aliphatic hydroxyl groups excluding tert-OH is 1. The van der Waals surface area contributed by atoms with Crippen LogP contribution in [0.5, 0.6) is 0 Å². The van der Waals surface area contributed by atoms with Crippen LogP contribution in [0.4, 0.5) is 0 Å². The third kappa shape index (κ3) is 1.84. The second kappa shape index (κ2) is 3.24. The van der Waals surface area contributed by atoms with Gasteiger partial charge in [0.2, 0.25) is 0 Å². The number of rotatable bonds is 1. The van der Waals surface area contributed by atoms with E-state index in [4.69, 9.17) is 5.11 Å². The zero-order valence-electron chi connectivity index (χ0n) is 6.83. The van der Waals surface area contributed by atoms with Crippen molar-refractivity contribution in [3.63, 3.8) is 0 Å². The van der Waals surface area contributed by atoms with Gasteiger partial charge in [0.05, 0.1) is 6.26 Å². The zero-order chi connectivity index (χ0) is 8.27. The Hall–Kier alpha value is -1.24. The maximum Gasteiger partial charge on any atom is 0.0797 e. The molecular formula is C10H12O. The van der Waals surface area contributed by atoms with Gasteiger partial charge in [0, 0.05) is 0 Å². The Bertz CT molecular complexity index is 274. The highest BCUT2D eigenvalue weighted by molar-refractivity contribution is 5.53. The van der Waals surface area contributed by atoms with Gasteiger partial charge in [-0.3, -0.25) is 0 Å². The summed E-state index contributed by atoms with van der Waals surface area (Å²) in [6, 6.07) is 6.15. The fraction of sp³-hybridized carbons (Fsp3) is 0.200. The Balaban J connectivity index is 3.12. The van der Waals surface area contributed by atoms with Gasteiger partial charge in [0.15, 0.2) is 0 Å². The van der Waals surface area contributed by atoms with Crippen molar-refractivity contribution in [3.8, 4) is 0 Å². The first-order chi connectivity index (χ1) is 5.24. The minimum Gasteiger partial charge on any atom is -0.516 e. The smallest absolute Gasteiger partial charge is 0.0797 e. The molecule has 1 aromatic carbocycles. The predicted molar refractivity (Wildman–Crippen MR) is 47.6 cm³/mol. The van der Waals surface area contributed by atoms with E-state index in [0.717, 1.165) is 11.8 Å². The van der Waals surface area contributed by atoms with E-state index in [2.05, 4.69) is 6.07 Å². The molecule has 1 nitrogen and oxygen atoms in total. The molecule has 0 aliphatic rings. The SMILES string of the molecule is Cc1ccc(C)c(/C=C/O)c1. The molecule has 1 aromatic rings. The molecule has 0 aliphatic heterocycles. The Labute approximate surface area is 67.0 Å². The fourth-order valence-corrected chi connectivity index (χ4v) is 1.02. The van der Waals surface area contributed by atoms with Crippen molar-refractivity contribution in [1.29, 1.82) is 0 Å². The van der Waals surface area contributed by atoms with E-state index in [1.165, 1.54) is 11.1 Å². The first-order valence-corrected chi connectivity index (χ1v) is 3.62. The molecule has 1 rings (SSSR count). The average Bonchev–Trinajstić information content (AvgIpc) is 1.98. The molecule has 0 radical (unpaired) electrons. The van der Waals surface area contributed by atoms with E-state index in [9.17, 15) is 0 Å². The van der Waals surface area contributed by atoms with Crippen LogP contribution in [0.3, 0.4) is 0 Å². The Kier molecular flexibility index (Phi) is 2.32. The van der Waals surface area contributed by atoms with Gasteiger partial charge in [0.25, 0.3) is 0 Å². The van der Waals surface area contributed by atoms with Crippen LogP contribution in [0.1, 0.15) is 16.7 Å². The Morgan fingerprint density at radius 2 is 2.00 bits per heavy atom. The lowest BCUT2D eigenvalue weighted by Crippen LogP contribution is -1.81. The molecule has 0 saturated heterocycles. The van der Waals surface area contributed by atoms with Crippen molar-refractivity contribution < 1.29 is 5.11 Å². The molecule has 0 aliphatic carbocycles. The lowest BCUT2D eigenvalue weighted by atomic mass is 10.1. The highest BCUT2D eigenvalue weighted by atomic mass is 16.2. The van der Waals surface area contributed by atoms with Crippen molar-refractivity contribution >= 4 is 6.08 Å². The second-order valence-corrected chi connectivity index (χ2v) is 2.68. The number of aliphatic hydroxyl groups is 1. The fourth-order valence-electron chi connectivity index (χ4n) is 1.02. The summed E-state index contributed by atoms with van der Waals surface area (Å²) < 4.78 is 0. The van der Waals surface area contributed by atoms with Crippen LogP contribution in [0, 0.1) is 13.8 Å². The van der Waals surface area contributed by atoms with Gasteiger partial charge in [0.1, 0.15) is 0 Å². The zero-order valence-corrected chi connectivity index (χ0v) is 6.83. The summed E-state index contributed by atoms with van der Waals surface area (Å²) in [6.45, 7) is 4.06. The Morgan fingerprint density at radius 1 is 1.27 bits per heavy atom. The van der Waals surface area contributed by atoms with Gasteiger partial charge in [-0.2, -0.15) is 0 Å². The summed E-state index contributed by atoms with van der Waals surface area (Å²) in [7, 11) is 0. The molecule has 0 heterocycles. The second-order valence-electron chi connectivity index (χ2n) is 2.68. The summed E-state index contributed by atoms with van der Waals surface area (Å²) in [5.41, 5.74) is 3.47. The number of hydrogen-bond donors (Lipinski definition) is 1. The third-order valence-electron chi connectivity index (χ3n) is 1.69. The van der Waals surface area contributed by atoms with Gasteiger partial charge < -0.3 is 5.11 Å². The topological polar surface area (TPSA) is 20.2 Å². The van der Waals surface area contributed by atoms with Crippen LogP contribution in [-0.2, 0) is 0 Å². The summed E-state index contributed by atoms with van der Waals surface area (Å²) in [6.07, 6.45) is 2.77. The average molecular weight is 148 g/mol. The number of aryl methyl sites for hydroxylation is 2. The molecule has 0 atom stereocenters. The number of hydrogen-bond acceptors (Lipinski definition) is 1. The molecule has 1 N–H and O–H groups in total. The molecule has 11 heavy (non-hydrogen) atoms. The first kappa shape index (κ1) is 7.86. The van der Waals surface area contributed by atoms with E-state index in [1.807, 2.05) is 26.0 Å². The van der Waals surface area contributed by atoms with Crippen LogP contribution in [0.2, 0.25) is 0 Å². The highest BCUT2D eigenvalue weighted by Gasteiger charge is 1.92. The lowest BCUT2D eigenvalue weighted by molar-refractivity contribution is 0.478. The predicted octanol–water partition coefficient (Wildman–Crippen LogP) is 2.83. The van der Waals surface area contributed by atoms with Crippen LogP contribution in [0.25, 0.3) is 6.08 Å². The number of benzene rings is 1.